The molecule has 1 rings (SSSR count). The number of benzene rings is 1. The Balaban J connectivity index is 0.00000121. The average molecular weight is 234 g/mol. The number of methoxy groups -OCH3 is 1. The van der Waals surface area contributed by atoms with Gasteiger partial charge in [-0.3, -0.25) is 4.99 Å². The van der Waals surface area contributed by atoms with Crippen molar-refractivity contribution in [1.82, 2.24) is 0 Å². The second-order valence-electron chi connectivity index (χ2n) is 2.96. The third-order valence-corrected chi connectivity index (χ3v) is 1.93. The first-order valence-electron chi connectivity index (χ1n) is 5.80. The Morgan fingerprint density at radius 2 is 1.82 bits per heavy atom. The molecule has 0 amide bonds. The molecule has 0 aliphatic heterocycles. The predicted molar refractivity (Wildman–Crippen MR) is 76.1 cm³/mol. The van der Waals surface area contributed by atoms with Crippen LogP contribution >= 0.6 is 0 Å². The molecule has 1 aromatic rings. The van der Waals surface area contributed by atoms with Crippen molar-refractivity contribution in [2.75, 3.05) is 19.5 Å². The molecule has 0 atom stereocenters. The number of amidine groups is 1. The summed E-state index contributed by atoms with van der Waals surface area (Å²) in [6.45, 7) is 5.96. The Morgan fingerprint density at radius 3 is 2.24 bits per heavy atom. The van der Waals surface area contributed by atoms with Crippen LogP contribution in [0.4, 0.5) is 5.69 Å². The molecule has 0 aliphatic rings. The van der Waals surface area contributed by atoms with Gasteiger partial charge in [0.2, 0.25) is 0 Å². The summed E-state index contributed by atoms with van der Waals surface area (Å²) < 4.78 is 5.08. The molecule has 17 heavy (non-hydrogen) atoms. The Bertz CT molecular complexity index is 353. The van der Waals surface area contributed by atoms with Crippen molar-refractivity contribution < 1.29 is 4.74 Å². The van der Waals surface area contributed by atoms with E-state index in [0.29, 0.717) is 0 Å². The summed E-state index contributed by atoms with van der Waals surface area (Å²) in [4.78, 5) is 4.10. The Morgan fingerprint density at radius 1 is 1.24 bits per heavy atom. The Kier molecular flexibility index (Phi) is 8.47. The number of hydrogen-bond donors (Lipinski definition) is 1. The van der Waals surface area contributed by atoms with E-state index in [0.717, 1.165) is 17.3 Å². The number of nitrogens with one attached hydrogen (secondary N) is 1. The van der Waals surface area contributed by atoms with Crippen molar-refractivity contribution >= 4 is 11.5 Å². The van der Waals surface area contributed by atoms with Crippen LogP contribution in [0.25, 0.3) is 0 Å². The van der Waals surface area contributed by atoms with Crippen molar-refractivity contribution in [3.63, 3.8) is 0 Å². The van der Waals surface area contributed by atoms with Gasteiger partial charge in [0.25, 0.3) is 0 Å². The molecule has 0 unspecified atom stereocenters. The minimum Gasteiger partial charge on any atom is -0.497 e. The molecule has 0 fully saturated rings. The number of allylic oxidation sites excluding steroid dienone is 1. The molecule has 0 spiro atoms. The van der Waals surface area contributed by atoms with Gasteiger partial charge in [-0.2, -0.15) is 0 Å². The van der Waals surface area contributed by atoms with Crippen LogP contribution in [-0.2, 0) is 0 Å². The van der Waals surface area contributed by atoms with Crippen molar-refractivity contribution in [2.24, 2.45) is 4.99 Å². The van der Waals surface area contributed by atoms with Crippen molar-refractivity contribution in [3.8, 4) is 5.75 Å². The first kappa shape index (κ1) is 15.2. The lowest BCUT2D eigenvalue weighted by Gasteiger charge is -2.06. The fourth-order valence-corrected chi connectivity index (χ4v) is 1.15. The molecule has 0 aromatic heterocycles. The molecule has 0 heterocycles. The van der Waals surface area contributed by atoms with Crippen LogP contribution < -0.4 is 10.1 Å². The normalized spacial score (nSPS) is 10.8. The molecular formula is C14H22N2O. The van der Waals surface area contributed by atoms with E-state index >= 15 is 0 Å². The summed E-state index contributed by atoms with van der Waals surface area (Å²) in [5, 5.41) is 3.19. The lowest BCUT2D eigenvalue weighted by Crippen LogP contribution is -2.08. The predicted octanol–water partition coefficient (Wildman–Crippen LogP) is 3.74. The second-order valence-corrected chi connectivity index (χ2v) is 2.96. The van der Waals surface area contributed by atoms with Gasteiger partial charge in [0, 0.05) is 12.7 Å². The Hall–Kier alpha value is -1.77. The van der Waals surface area contributed by atoms with Crippen molar-refractivity contribution in [1.29, 1.82) is 0 Å². The first-order valence-corrected chi connectivity index (χ1v) is 5.80. The largest absolute Gasteiger partial charge is 0.497 e. The van der Waals surface area contributed by atoms with E-state index in [4.69, 9.17) is 4.74 Å². The van der Waals surface area contributed by atoms with Gasteiger partial charge in [-0.15, -0.1) is 0 Å². The van der Waals surface area contributed by atoms with Crippen LogP contribution in [0.2, 0.25) is 0 Å². The summed E-state index contributed by atoms with van der Waals surface area (Å²) in [6, 6.07) is 7.72. The summed E-state index contributed by atoms with van der Waals surface area (Å²) in [5.74, 6) is 1.68. The smallest absolute Gasteiger partial charge is 0.124 e. The molecule has 0 bridgehead atoms. The summed E-state index contributed by atoms with van der Waals surface area (Å²) in [7, 11) is 3.41. The standard InChI is InChI=1S/C12H16N2O.C2H6/c1-4-5-12(13-2)14-10-6-8-11(15-3)9-7-10;1-2/h4-9H,1-3H3,(H,13,14);1-2H3/b5-4-;. The van der Waals surface area contributed by atoms with Crippen LogP contribution in [0.3, 0.4) is 0 Å². The summed E-state index contributed by atoms with van der Waals surface area (Å²) >= 11 is 0. The lowest BCUT2D eigenvalue weighted by molar-refractivity contribution is 0.415. The molecule has 0 saturated carbocycles. The van der Waals surface area contributed by atoms with Crippen LogP contribution in [0.5, 0.6) is 5.75 Å². The number of anilines is 1. The minimum absolute atomic E-state index is 0.836. The van der Waals surface area contributed by atoms with Crippen LogP contribution in [0, 0.1) is 0 Å². The molecule has 0 radical (unpaired) electrons. The molecule has 1 N–H and O–H groups in total. The zero-order valence-electron chi connectivity index (χ0n) is 11.3. The van der Waals surface area contributed by atoms with Crippen molar-refractivity contribution in [3.05, 3.63) is 36.4 Å². The molecule has 3 nitrogen and oxygen atoms in total. The highest BCUT2D eigenvalue weighted by molar-refractivity contribution is 6.03. The van der Waals surface area contributed by atoms with Gasteiger partial charge in [0.05, 0.1) is 7.11 Å². The highest BCUT2D eigenvalue weighted by atomic mass is 16.5. The number of nitrogens with zero attached hydrogens (tertiary/aromatic N) is 1. The average Bonchev–Trinajstić information content (AvgIpc) is 2.41. The lowest BCUT2D eigenvalue weighted by atomic mass is 10.3. The zero-order valence-corrected chi connectivity index (χ0v) is 11.3. The van der Waals surface area contributed by atoms with E-state index in [-0.39, 0.29) is 0 Å². The van der Waals surface area contributed by atoms with Gasteiger partial charge in [0.1, 0.15) is 11.6 Å². The molecule has 3 heteroatoms. The van der Waals surface area contributed by atoms with E-state index in [1.54, 1.807) is 14.2 Å². The second kappa shape index (κ2) is 9.46. The van der Waals surface area contributed by atoms with Gasteiger partial charge in [-0.1, -0.05) is 19.9 Å². The molecular weight excluding hydrogens is 212 g/mol. The highest BCUT2D eigenvalue weighted by Gasteiger charge is 1.95. The molecule has 1 aromatic carbocycles. The molecule has 0 saturated heterocycles. The number of rotatable bonds is 3. The Labute approximate surface area is 104 Å². The van der Waals surface area contributed by atoms with E-state index < -0.39 is 0 Å². The van der Waals surface area contributed by atoms with E-state index in [1.165, 1.54) is 0 Å². The number of ether oxygens (including phenoxy) is 1. The maximum Gasteiger partial charge on any atom is 0.124 e. The van der Waals surface area contributed by atoms with Crippen LogP contribution in [0.15, 0.2) is 41.4 Å². The quantitative estimate of drug-likeness (QED) is 0.638. The van der Waals surface area contributed by atoms with Gasteiger partial charge >= 0.3 is 0 Å². The van der Waals surface area contributed by atoms with Gasteiger partial charge in [-0.25, -0.2) is 0 Å². The molecule has 0 aliphatic carbocycles. The zero-order chi connectivity index (χ0) is 13.1. The van der Waals surface area contributed by atoms with E-state index in [1.807, 2.05) is 57.2 Å². The summed E-state index contributed by atoms with van der Waals surface area (Å²) in [5.41, 5.74) is 0.995. The minimum atomic E-state index is 0.836. The topological polar surface area (TPSA) is 33.6 Å². The molecule has 94 valence electrons. The first-order chi connectivity index (χ1) is 8.30. The maximum absolute atomic E-state index is 5.08. The third-order valence-electron chi connectivity index (χ3n) is 1.93. The number of aliphatic imine (C=N–C) groups is 1. The van der Waals surface area contributed by atoms with E-state index in [2.05, 4.69) is 10.3 Å². The van der Waals surface area contributed by atoms with Crippen LogP contribution in [-0.4, -0.2) is 20.0 Å². The van der Waals surface area contributed by atoms with Gasteiger partial charge < -0.3 is 10.1 Å². The fraction of sp³-hybridized carbons (Fsp3) is 0.357. The van der Waals surface area contributed by atoms with E-state index in [9.17, 15) is 0 Å². The SMILES string of the molecule is C/C=C\C(=NC)Nc1ccc(OC)cc1.CC. The van der Waals surface area contributed by atoms with Crippen molar-refractivity contribution in [2.45, 2.75) is 20.8 Å². The fourth-order valence-electron chi connectivity index (χ4n) is 1.15. The van der Waals surface area contributed by atoms with Gasteiger partial charge in [0.15, 0.2) is 0 Å². The van der Waals surface area contributed by atoms with Crippen LogP contribution in [0.1, 0.15) is 20.8 Å². The number of hydrogen-bond acceptors (Lipinski definition) is 2. The third kappa shape index (κ3) is 5.76. The maximum atomic E-state index is 5.08. The van der Waals surface area contributed by atoms with Gasteiger partial charge in [-0.05, 0) is 37.3 Å². The highest BCUT2D eigenvalue weighted by Crippen LogP contribution is 2.14. The summed E-state index contributed by atoms with van der Waals surface area (Å²) in [6.07, 6.45) is 3.86. The monoisotopic (exact) mass is 234 g/mol.